The van der Waals surface area contributed by atoms with Gasteiger partial charge in [-0.05, 0) is 25.0 Å². The summed E-state index contributed by atoms with van der Waals surface area (Å²) in [7, 11) is 0. The summed E-state index contributed by atoms with van der Waals surface area (Å²) in [4.78, 5) is 4.36. The third-order valence-electron chi connectivity index (χ3n) is 2.93. The van der Waals surface area contributed by atoms with Crippen LogP contribution in [-0.2, 0) is 0 Å². The molecule has 2 rings (SSSR count). The summed E-state index contributed by atoms with van der Waals surface area (Å²) < 4.78 is 0. The van der Waals surface area contributed by atoms with Crippen molar-refractivity contribution in [3.05, 3.63) is 17.8 Å². The average Bonchev–Trinajstić information content (AvgIpc) is 2.26. The topological polar surface area (TPSA) is 37.0 Å². The second-order valence-corrected chi connectivity index (χ2v) is 4.22. The van der Waals surface area contributed by atoms with Gasteiger partial charge in [0.2, 0.25) is 0 Å². The quantitative estimate of drug-likeness (QED) is 0.796. The Morgan fingerprint density at radius 1 is 1.53 bits per heavy atom. The van der Waals surface area contributed by atoms with Gasteiger partial charge < -0.3 is 10.6 Å². The number of hydrogen-bond acceptors (Lipinski definition) is 3. The molecule has 0 spiro atoms. The minimum absolute atomic E-state index is 0.534. The molecule has 1 aliphatic heterocycles. The van der Waals surface area contributed by atoms with Crippen LogP contribution < -0.4 is 10.6 Å². The van der Waals surface area contributed by atoms with E-state index in [0.717, 1.165) is 12.4 Å². The number of fused-ring (bicyclic) bond motifs is 1. The summed E-state index contributed by atoms with van der Waals surface area (Å²) in [6.07, 6.45) is 5.62. The molecule has 0 bridgehead atoms. The Kier molecular flexibility index (Phi) is 3.09. The lowest BCUT2D eigenvalue weighted by atomic mass is 10.1. The largest absolute Gasteiger partial charge is 0.380 e. The van der Waals surface area contributed by atoms with Crippen LogP contribution in [0.4, 0.5) is 11.5 Å². The molecule has 15 heavy (non-hydrogen) atoms. The fraction of sp³-hybridized carbons (Fsp3) is 0.583. The van der Waals surface area contributed by atoms with E-state index in [9.17, 15) is 0 Å². The molecule has 3 heteroatoms. The van der Waals surface area contributed by atoms with Crippen molar-refractivity contribution in [2.75, 3.05) is 17.2 Å². The molecule has 0 aliphatic carbocycles. The number of pyridine rings is 1. The van der Waals surface area contributed by atoms with Gasteiger partial charge in [-0.15, -0.1) is 0 Å². The lowest BCUT2D eigenvalue weighted by Crippen LogP contribution is -2.33. The molecule has 3 nitrogen and oxygen atoms in total. The Balaban J connectivity index is 2.07. The predicted octanol–water partition coefficient (Wildman–Crippen LogP) is 2.79. The summed E-state index contributed by atoms with van der Waals surface area (Å²) in [5.41, 5.74) is 2.44. The number of aryl methyl sites for hydroxylation is 1. The number of unbranched alkanes of at least 4 members (excludes halogenated alkanes) is 1. The van der Waals surface area contributed by atoms with E-state index in [-0.39, 0.29) is 0 Å². The first-order chi connectivity index (χ1) is 7.31. The van der Waals surface area contributed by atoms with Gasteiger partial charge in [0, 0.05) is 18.8 Å². The van der Waals surface area contributed by atoms with E-state index in [1.807, 2.05) is 12.3 Å². The van der Waals surface area contributed by atoms with E-state index in [1.165, 1.54) is 30.5 Å². The smallest absolute Gasteiger partial charge is 0.149 e. The molecular weight excluding hydrogens is 186 g/mol. The van der Waals surface area contributed by atoms with Gasteiger partial charge in [-0.2, -0.15) is 0 Å². The van der Waals surface area contributed by atoms with E-state index in [0.29, 0.717) is 6.04 Å². The van der Waals surface area contributed by atoms with Crippen molar-refractivity contribution in [3.63, 3.8) is 0 Å². The number of nitrogens with one attached hydrogen (secondary N) is 2. The molecule has 1 atom stereocenters. The summed E-state index contributed by atoms with van der Waals surface area (Å²) >= 11 is 0. The molecule has 0 fully saturated rings. The lowest BCUT2D eigenvalue weighted by Gasteiger charge is -2.28. The van der Waals surface area contributed by atoms with Gasteiger partial charge in [-0.1, -0.05) is 19.8 Å². The molecule has 0 aromatic carbocycles. The molecule has 0 saturated heterocycles. The average molecular weight is 205 g/mol. The highest BCUT2D eigenvalue weighted by Gasteiger charge is 2.18. The monoisotopic (exact) mass is 205 g/mol. The number of hydrogen-bond donors (Lipinski definition) is 2. The van der Waals surface area contributed by atoms with Crippen molar-refractivity contribution in [1.82, 2.24) is 4.98 Å². The van der Waals surface area contributed by atoms with Crippen molar-refractivity contribution in [2.45, 2.75) is 39.2 Å². The molecule has 2 heterocycles. The molecule has 1 unspecified atom stereocenters. The highest BCUT2D eigenvalue weighted by atomic mass is 15.1. The van der Waals surface area contributed by atoms with Crippen LogP contribution in [0.1, 0.15) is 31.7 Å². The van der Waals surface area contributed by atoms with Gasteiger partial charge in [0.1, 0.15) is 5.82 Å². The van der Waals surface area contributed by atoms with Gasteiger partial charge in [0.05, 0.1) is 5.69 Å². The molecule has 2 N–H and O–H groups in total. The Morgan fingerprint density at radius 3 is 3.20 bits per heavy atom. The van der Waals surface area contributed by atoms with Crippen LogP contribution in [-0.4, -0.2) is 17.6 Å². The number of aromatic nitrogens is 1. The SMILES string of the molecule is CCCCC1CNc2c(C)ccnc2N1. The third kappa shape index (κ3) is 2.22. The first kappa shape index (κ1) is 10.3. The maximum absolute atomic E-state index is 4.36. The molecule has 1 aliphatic rings. The first-order valence-corrected chi connectivity index (χ1v) is 5.77. The van der Waals surface area contributed by atoms with Crippen LogP contribution in [0.15, 0.2) is 12.3 Å². The Labute approximate surface area is 91.3 Å². The van der Waals surface area contributed by atoms with E-state index in [2.05, 4.69) is 29.5 Å². The van der Waals surface area contributed by atoms with Crippen LogP contribution in [0.2, 0.25) is 0 Å². The minimum atomic E-state index is 0.534. The zero-order chi connectivity index (χ0) is 10.7. The maximum Gasteiger partial charge on any atom is 0.149 e. The molecule has 0 radical (unpaired) electrons. The number of nitrogens with zero attached hydrogens (tertiary/aromatic N) is 1. The molecule has 0 saturated carbocycles. The fourth-order valence-electron chi connectivity index (χ4n) is 1.99. The number of anilines is 2. The van der Waals surface area contributed by atoms with Crippen LogP contribution >= 0.6 is 0 Å². The van der Waals surface area contributed by atoms with E-state index < -0.39 is 0 Å². The van der Waals surface area contributed by atoms with Gasteiger partial charge in [-0.25, -0.2) is 4.98 Å². The fourth-order valence-corrected chi connectivity index (χ4v) is 1.99. The highest BCUT2D eigenvalue weighted by Crippen LogP contribution is 2.27. The van der Waals surface area contributed by atoms with Gasteiger partial charge in [0.15, 0.2) is 0 Å². The van der Waals surface area contributed by atoms with Crippen LogP contribution in [0.3, 0.4) is 0 Å². The summed E-state index contributed by atoms with van der Waals surface area (Å²) in [6.45, 7) is 5.35. The summed E-state index contributed by atoms with van der Waals surface area (Å²) in [5.74, 6) is 1.02. The van der Waals surface area contributed by atoms with Crippen molar-refractivity contribution in [2.24, 2.45) is 0 Å². The number of rotatable bonds is 3. The maximum atomic E-state index is 4.36. The summed E-state index contributed by atoms with van der Waals surface area (Å²) in [6, 6.07) is 2.58. The Bertz CT molecular complexity index is 336. The molecule has 1 aromatic rings. The van der Waals surface area contributed by atoms with Gasteiger partial charge in [0.25, 0.3) is 0 Å². The van der Waals surface area contributed by atoms with Crippen molar-refractivity contribution >= 4 is 11.5 Å². The zero-order valence-corrected chi connectivity index (χ0v) is 9.51. The Morgan fingerprint density at radius 2 is 2.40 bits per heavy atom. The van der Waals surface area contributed by atoms with Crippen molar-refractivity contribution in [1.29, 1.82) is 0 Å². The van der Waals surface area contributed by atoms with E-state index >= 15 is 0 Å². The summed E-state index contributed by atoms with van der Waals surface area (Å²) in [5, 5.41) is 6.96. The van der Waals surface area contributed by atoms with Crippen LogP contribution in [0.25, 0.3) is 0 Å². The van der Waals surface area contributed by atoms with E-state index in [4.69, 9.17) is 0 Å². The molecular formula is C12H19N3. The second-order valence-electron chi connectivity index (χ2n) is 4.22. The highest BCUT2D eigenvalue weighted by molar-refractivity contribution is 5.70. The Hall–Kier alpha value is -1.25. The first-order valence-electron chi connectivity index (χ1n) is 5.77. The molecule has 1 aromatic heterocycles. The van der Waals surface area contributed by atoms with Crippen LogP contribution in [0, 0.1) is 6.92 Å². The van der Waals surface area contributed by atoms with Crippen LogP contribution in [0.5, 0.6) is 0 Å². The predicted molar refractivity (Wildman–Crippen MR) is 64.4 cm³/mol. The van der Waals surface area contributed by atoms with E-state index in [1.54, 1.807) is 0 Å². The zero-order valence-electron chi connectivity index (χ0n) is 9.51. The standard InChI is InChI=1S/C12H19N3/c1-3-4-5-10-8-14-11-9(2)6-7-13-12(11)15-10/h6-7,10,14H,3-5,8H2,1-2H3,(H,13,15). The molecule has 0 amide bonds. The third-order valence-corrected chi connectivity index (χ3v) is 2.93. The minimum Gasteiger partial charge on any atom is -0.380 e. The lowest BCUT2D eigenvalue weighted by molar-refractivity contribution is 0.617. The van der Waals surface area contributed by atoms with Gasteiger partial charge in [-0.3, -0.25) is 0 Å². The van der Waals surface area contributed by atoms with Crippen molar-refractivity contribution in [3.8, 4) is 0 Å². The van der Waals surface area contributed by atoms with Gasteiger partial charge >= 0.3 is 0 Å². The second kappa shape index (κ2) is 4.51. The normalized spacial score (nSPS) is 18.9. The molecule has 82 valence electrons. The van der Waals surface area contributed by atoms with Crippen molar-refractivity contribution < 1.29 is 0 Å².